The predicted octanol–water partition coefficient (Wildman–Crippen LogP) is 0.319. The molecule has 3 rings (SSSR count). The van der Waals surface area contributed by atoms with E-state index in [9.17, 15) is 9.90 Å². The van der Waals surface area contributed by atoms with Gasteiger partial charge in [0.15, 0.2) is 0 Å². The number of aromatic hydroxyl groups is 1. The molecule has 2 heterocycles. The number of rotatable bonds is 4. The lowest BCUT2D eigenvalue weighted by Gasteiger charge is -2.26. The van der Waals surface area contributed by atoms with Crippen LogP contribution in [0.4, 0.5) is 0 Å². The summed E-state index contributed by atoms with van der Waals surface area (Å²) in [5, 5.41) is 21.7. The fourth-order valence-electron chi connectivity index (χ4n) is 2.09. The fourth-order valence-corrected chi connectivity index (χ4v) is 2.88. The zero-order chi connectivity index (χ0) is 15.4. The summed E-state index contributed by atoms with van der Waals surface area (Å²) in [5.74, 6) is 0.352. The Balaban J connectivity index is 1.68. The third kappa shape index (κ3) is 3.20. The van der Waals surface area contributed by atoms with Crippen molar-refractivity contribution in [1.82, 2.24) is 25.1 Å². The molecule has 1 aliphatic rings. The summed E-state index contributed by atoms with van der Waals surface area (Å²) in [6.45, 7) is 2.38. The van der Waals surface area contributed by atoms with Gasteiger partial charge in [0.1, 0.15) is 11.4 Å². The molecule has 1 fully saturated rings. The van der Waals surface area contributed by atoms with E-state index < -0.39 is 0 Å². The van der Waals surface area contributed by atoms with Gasteiger partial charge in [0.2, 0.25) is 11.1 Å². The second-order valence-corrected chi connectivity index (χ2v) is 5.59. The number of nitrogens with zero attached hydrogens (tertiary/aromatic N) is 5. The number of amides is 1. The minimum absolute atomic E-state index is 0.0279. The minimum Gasteiger partial charge on any atom is -0.506 e. The number of hydrogen-bond donors (Lipinski definition) is 1. The molecule has 1 aromatic carbocycles. The van der Waals surface area contributed by atoms with Crippen molar-refractivity contribution in [1.29, 1.82) is 0 Å². The number of benzene rings is 1. The molecule has 9 heteroatoms. The molecule has 0 spiro atoms. The van der Waals surface area contributed by atoms with E-state index in [2.05, 4.69) is 15.5 Å². The molecule has 1 amide bonds. The Morgan fingerprint density at radius 1 is 1.32 bits per heavy atom. The van der Waals surface area contributed by atoms with Crippen LogP contribution in [-0.2, 0) is 9.53 Å². The molecule has 1 saturated heterocycles. The van der Waals surface area contributed by atoms with Crippen LogP contribution in [-0.4, -0.2) is 68.2 Å². The van der Waals surface area contributed by atoms with Gasteiger partial charge in [0, 0.05) is 13.1 Å². The maximum Gasteiger partial charge on any atom is 0.233 e. The van der Waals surface area contributed by atoms with Crippen LogP contribution in [0, 0.1) is 0 Å². The molecule has 1 aliphatic heterocycles. The molecule has 0 radical (unpaired) electrons. The number of morpholine rings is 1. The first kappa shape index (κ1) is 14.8. The van der Waals surface area contributed by atoms with Crippen molar-refractivity contribution in [3.05, 3.63) is 24.3 Å². The molecule has 1 N–H and O–H groups in total. The van der Waals surface area contributed by atoms with E-state index in [1.54, 1.807) is 29.2 Å². The number of thioether (sulfide) groups is 1. The quantitative estimate of drug-likeness (QED) is 0.810. The van der Waals surface area contributed by atoms with E-state index in [1.807, 2.05) is 0 Å². The van der Waals surface area contributed by atoms with Gasteiger partial charge >= 0.3 is 0 Å². The standard InChI is InChI=1S/C13H15N5O3S/c19-11-4-2-1-3-10(11)18-13(14-15-16-18)22-9-12(20)17-5-7-21-8-6-17/h1-4,19H,5-9H2. The number of tetrazole rings is 1. The third-order valence-corrected chi connectivity index (χ3v) is 4.14. The average molecular weight is 321 g/mol. The Bertz CT molecular complexity index is 657. The summed E-state index contributed by atoms with van der Waals surface area (Å²) < 4.78 is 6.65. The zero-order valence-corrected chi connectivity index (χ0v) is 12.6. The predicted molar refractivity (Wildman–Crippen MR) is 78.9 cm³/mol. The molecule has 0 aliphatic carbocycles. The van der Waals surface area contributed by atoms with Gasteiger partial charge in [-0.15, -0.1) is 5.10 Å². The maximum absolute atomic E-state index is 12.1. The first-order valence-corrected chi connectivity index (χ1v) is 7.79. The smallest absolute Gasteiger partial charge is 0.233 e. The Morgan fingerprint density at radius 3 is 2.86 bits per heavy atom. The Kier molecular flexibility index (Phi) is 4.54. The molecule has 2 aromatic rings. The van der Waals surface area contributed by atoms with E-state index in [4.69, 9.17) is 4.74 Å². The number of phenols is 1. The minimum atomic E-state index is 0.0279. The summed E-state index contributed by atoms with van der Waals surface area (Å²) in [5.41, 5.74) is 0.480. The Labute approximate surface area is 131 Å². The fraction of sp³-hybridized carbons (Fsp3) is 0.385. The van der Waals surface area contributed by atoms with Crippen LogP contribution in [0.1, 0.15) is 0 Å². The van der Waals surface area contributed by atoms with Crippen LogP contribution in [0.5, 0.6) is 5.75 Å². The summed E-state index contributed by atoms with van der Waals surface area (Å²) in [7, 11) is 0. The normalized spacial score (nSPS) is 15.0. The van der Waals surface area contributed by atoms with Crippen LogP contribution in [0.15, 0.2) is 29.4 Å². The molecule has 0 unspecified atom stereocenters. The van der Waals surface area contributed by atoms with E-state index in [0.717, 1.165) is 0 Å². The molecule has 8 nitrogen and oxygen atoms in total. The van der Waals surface area contributed by atoms with Crippen LogP contribution in [0.2, 0.25) is 0 Å². The summed E-state index contributed by atoms with van der Waals surface area (Å²) >= 11 is 1.24. The van der Waals surface area contributed by atoms with Crippen LogP contribution in [0.3, 0.4) is 0 Å². The Hall–Kier alpha value is -2.13. The van der Waals surface area contributed by atoms with E-state index >= 15 is 0 Å². The lowest BCUT2D eigenvalue weighted by Crippen LogP contribution is -2.41. The van der Waals surface area contributed by atoms with Gasteiger partial charge < -0.3 is 14.7 Å². The zero-order valence-electron chi connectivity index (χ0n) is 11.8. The summed E-state index contributed by atoms with van der Waals surface area (Å²) in [6.07, 6.45) is 0. The molecule has 0 saturated carbocycles. The highest BCUT2D eigenvalue weighted by Crippen LogP contribution is 2.24. The first-order valence-electron chi connectivity index (χ1n) is 6.81. The molecule has 22 heavy (non-hydrogen) atoms. The molecule has 116 valence electrons. The van der Waals surface area contributed by atoms with E-state index in [-0.39, 0.29) is 17.4 Å². The maximum atomic E-state index is 12.1. The number of phenolic OH excluding ortho intramolecular Hbond substituents is 1. The summed E-state index contributed by atoms with van der Waals surface area (Å²) in [4.78, 5) is 13.9. The number of hydrogen-bond acceptors (Lipinski definition) is 7. The SMILES string of the molecule is O=C(CSc1nnnn1-c1ccccc1O)N1CCOCC1. The van der Waals surface area contributed by atoms with Crippen LogP contribution in [0.25, 0.3) is 5.69 Å². The van der Waals surface area contributed by atoms with Gasteiger partial charge in [-0.2, -0.15) is 4.68 Å². The monoisotopic (exact) mass is 321 g/mol. The van der Waals surface area contributed by atoms with E-state index in [0.29, 0.717) is 37.1 Å². The number of ether oxygens (including phenoxy) is 1. The number of para-hydroxylation sites is 2. The van der Waals surface area contributed by atoms with Crippen molar-refractivity contribution in [2.24, 2.45) is 0 Å². The largest absolute Gasteiger partial charge is 0.506 e. The summed E-state index contributed by atoms with van der Waals surface area (Å²) in [6, 6.07) is 6.77. The van der Waals surface area contributed by atoms with Crippen molar-refractivity contribution >= 4 is 17.7 Å². The number of carbonyl (C=O) groups excluding carboxylic acids is 1. The van der Waals surface area contributed by atoms with Crippen LogP contribution >= 0.6 is 11.8 Å². The lowest BCUT2D eigenvalue weighted by atomic mass is 10.3. The highest BCUT2D eigenvalue weighted by molar-refractivity contribution is 7.99. The van der Waals surface area contributed by atoms with Gasteiger partial charge in [-0.05, 0) is 22.6 Å². The third-order valence-electron chi connectivity index (χ3n) is 3.24. The molecule has 0 bridgehead atoms. The van der Waals surface area contributed by atoms with Gasteiger partial charge in [-0.3, -0.25) is 4.79 Å². The molecular weight excluding hydrogens is 306 g/mol. The first-order chi connectivity index (χ1) is 10.8. The molecular formula is C13H15N5O3S. The van der Waals surface area contributed by atoms with Gasteiger partial charge in [-0.1, -0.05) is 23.9 Å². The highest BCUT2D eigenvalue weighted by atomic mass is 32.2. The lowest BCUT2D eigenvalue weighted by molar-refractivity contribution is -0.132. The Morgan fingerprint density at radius 2 is 2.09 bits per heavy atom. The number of aromatic nitrogens is 4. The van der Waals surface area contributed by atoms with Crippen molar-refractivity contribution < 1.29 is 14.6 Å². The average Bonchev–Trinajstić information content (AvgIpc) is 3.02. The van der Waals surface area contributed by atoms with Crippen molar-refractivity contribution in [3.63, 3.8) is 0 Å². The van der Waals surface area contributed by atoms with Crippen molar-refractivity contribution in [2.75, 3.05) is 32.1 Å². The van der Waals surface area contributed by atoms with E-state index in [1.165, 1.54) is 16.4 Å². The van der Waals surface area contributed by atoms with Crippen LogP contribution < -0.4 is 0 Å². The molecule has 1 aromatic heterocycles. The van der Waals surface area contributed by atoms with Gasteiger partial charge in [0.05, 0.1) is 19.0 Å². The second kappa shape index (κ2) is 6.75. The van der Waals surface area contributed by atoms with Crippen molar-refractivity contribution in [3.8, 4) is 11.4 Å². The van der Waals surface area contributed by atoms with Gasteiger partial charge in [0.25, 0.3) is 0 Å². The molecule has 0 atom stereocenters. The topological polar surface area (TPSA) is 93.4 Å². The number of carbonyl (C=O) groups is 1. The van der Waals surface area contributed by atoms with Crippen molar-refractivity contribution in [2.45, 2.75) is 5.16 Å². The highest BCUT2D eigenvalue weighted by Gasteiger charge is 2.19. The second-order valence-electron chi connectivity index (χ2n) is 4.64. The van der Waals surface area contributed by atoms with Gasteiger partial charge in [-0.25, -0.2) is 0 Å².